The zero-order valence-corrected chi connectivity index (χ0v) is 19.9. The molecule has 33 heavy (non-hydrogen) atoms. The number of amides is 3. The van der Waals surface area contributed by atoms with Gasteiger partial charge in [-0.05, 0) is 29.9 Å². The summed E-state index contributed by atoms with van der Waals surface area (Å²) < 4.78 is 0. The third-order valence-electron chi connectivity index (χ3n) is 4.98. The minimum atomic E-state index is -1.49. The molecule has 4 atom stereocenters. The summed E-state index contributed by atoms with van der Waals surface area (Å²) in [7, 11) is 0. The quantitative estimate of drug-likeness (QED) is 0.206. The normalized spacial score (nSPS) is 14.6. The van der Waals surface area contributed by atoms with Crippen LogP contribution in [0.4, 0.5) is 0 Å². The van der Waals surface area contributed by atoms with Crippen LogP contribution in [0.25, 0.3) is 0 Å². The summed E-state index contributed by atoms with van der Waals surface area (Å²) in [4.78, 5) is 49.5. The number of carbonyl (C=O) groups is 4. The largest absolute Gasteiger partial charge is 0.480 e. The van der Waals surface area contributed by atoms with E-state index < -0.39 is 54.5 Å². The fourth-order valence-corrected chi connectivity index (χ4v) is 3.34. The van der Waals surface area contributed by atoms with Crippen LogP contribution in [0.2, 0.25) is 0 Å². The van der Waals surface area contributed by atoms with Crippen molar-refractivity contribution < 1.29 is 29.4 Å². The number of nitrogens with two attached hydrogens (primary N) is 1. The fourth-order valence-electron chi connectivity index (χ4n) is 2.86. The Balaban J connectivity index is 3.05. The number of hydrogen-bond acceptors (Lipinski definition) is 7. The molecule has 1 aromatic rings. The second-order valence-corrected chi connectivity index (χ2v) is 8.93. The van der Waals surface area contributed by atoms with E-state index in [1.807, 2.05) is 36.6 Å². The standard InChI is InChI=1S/C22H34N4O6S/c1-13(2)18(23)21(30)25-16(11-14-7-5-4-6-8-14)20(29)24-15(9-10-33-3)19(28)26-17(12-27)22(31)32/h4-8,13,15-18,27H,9-12,23H2,1-3H3,(H,24,29)(H,25,30)(H,26,28)(H,31,32). The van der Waals surface area contributed by atoms with Crippen molar-refractivity contribution in [2.75, 3.05) is 18.6 Å². The Morgan fingerprint density at radius 2 is 1.48 bits per heavy atom. The highest BCUT2D eigenvalue weighted by atomic mass is 32.2. The zero-order valence-electron chi connectivity index (χ0n) is 19.1. The van der Waals surface area contributed by atoms with Crippen molar-refractivity contribution >= 4 is 35.5 Å². The van der Waals surface area contributed by atoms with Gasteiger partial charge in [-0.15, -0.1) is 0 Å². The van der Waals surface area contributed by atoms with Gasteiger partial charge in [0.15, 0.2) is 0 Å². The Bertz CT molecular complexity index is 792. The summed E-state index contributed by atoms with van der Waals surface area (Å²) in [6.07, 6.45) is 2.23. The summed E-state index contributed by atoms with van der Waals surface area (Å²) in [6, 6.07) is 4.71. The van der Waals surface area contributed by atoms with Crippen LogP contribution < -0.4 is 21.7 Å². The number of nitrogens with one attached hydrogen (secondary N) is 3. The molecule has 3 amide bonds. The molecule has 0 spiro atoms. The second kappa shape index (κ2) is 14.5. The number of hydrogen-bond donors (Lipinski definition) is 6. The van der Waals surface area contributed by atoms with Crippen molar-refractivity contribution in [1.82, 2.24) is 16.0 Å². The molecule has 4 unspecified atom stereocenters. The van der Waals surface area contributed by atoms with Gasteiger partial charge in [0.1, 0.15) is 18.1 Å². The lowest BCUT2D eigenvalue weighted by Crippen LogP contribution is -2.58. The third kappa shape index (κ3) is 9.80. The average Bonchev–Trinajstić information content (AvgIpc) is 2.79. The number of aliphatic hydroxyl groups is 1. The number of rotatable bonds is 14. The first-order valence-electron chi connectivity index (χ1n) is 10.6. The van der Waals surface area contributed by atoms with E-state index in [-0.39, 0.29) is 18.8 Å². The molecule has 1 rings (SSSR count). The Morgan fingerprint density at radius 3 is 2.00 bits per heavy atom. The predicted molar refractivity (Wildman–Crippen MR) is 126 cm³/mol. The molecule has 184 valence electrons. The van der Waals surface area contributed by atoms with Crippen molar-refractivity contribution in [3.63, 3.8) is 0 Å². The number of carbonyl (C=O) groups excluding carboxylic acids is 3. The van der Waals surface area contributed by atoms with E-state index >= 15 is 0 Å². The Morgan fingerprint density at radius 1 is 0.939 bits per heavy atom. The van der Waals surface area contributed by atoms with E-state index in [1.165, 1.54) is 11.8 Å². The van der Waals surface area contributed by atoms with E-state index in [4.69, 9.17) is 10.8 Å². The highest BCUT2D eigenvalue weighted by molar-refractivity contribution is 7.98. The van der Waals surface area contributed by atoms with E-state index in [2.05, 4.69) is 16.0 Å². The van der Waals surface area contributed by atoms with Gasteiger partial charge in [0.2, 0.25) is 17.7 Å². The molecule has 0 heterocycles. The summed E-state index contributed by atoms with van der Waals surface area (Å²) in [5.74, 6) is -2.83. The molecule has 0 radical (unpaired) electrons. The molecule has 10 nitrogen and oxygen atoms in total. The van der Waals surface area contributed by atoms with Crippen LogP contribution >= 0.6 is 11.8 Å². The van der Waals surface area contributed by atoms with E-state index in [0.717, 1.165) is 5.56 Å². The maximum atomic E-state index is 13.1. The predicted octanol–water partition coefficient (Wildman–Crippen LogP) is -0.503. The molecular weight excluding hydrogens is 448 g/mol. The van der Waals surface area contributed by atoms with Gasteiger partial charge in [0.05, 0.1) is 12.6 Å². The Hall–Kier alpha value is -2.63. The number of carboxylic acid groups (broad SMARTS) is 1. The van der Waals surface area contributed by atoms with Crippen LogP contribution in [0, 0.1) is 5.92 Å². The summed E-state index contributed by atoms with van der Waals surface area (Å²) in [5.41, 5.74) is 6.72. The van der Waals surface area contributed by atoms with Crippen molar-refractivity contribution in [2.45, 2.75) is 50.9 Å². The summed E-state index contributed by atoms with van der Waals surface area (Å²) in [6.45, 7) is 2.79. The number of benzene rings is 1. The molecule has 0 fully saturated rings. The van der Waals surface area contributed by atoms with Crippen molar-refractivity contribution in [3.05, 3.63) is 35.9 Å². The van der Waals surface area contributed by atoms with Crippen LogP contribution in [0.5, 0.6) is 0 Å². The summed E-state index contributed by atoms with van der Waals surface area (Å²) >= 11 is 1.45. The third-order valence-corrected chi connectivity index (χ3v) is 5.62. The van der Waals surface area contributed by atoms with E-state index in [1.54, 1.807) is 13.8 Å². The van der Waals surface area contributed by atoms with Gasteiger partial charge >= 0.3 is 5.97 Å². The lowest BCUT2D eigenvalue weighted by Gasteiger charge is -2.25. The second-order valence-electron chi connectivity index (χ2n) is 7.95. The highest BCUT2D eigenvalue weighted by Crippen LogP contribution is 2.08. The van der Waals surface area contributed by atoms with Crippen molar-refractivity contribution in [1.29, 1.82) is 0 Å². The van der Waals surface area contributed by atoms with Gasteiger partial charge in [-0.2, -0.15) is 11.8 Å². The lowest BCUT2D eigenvalue weighted by molar-refractivity contribution is -0.143. The van der Waals surface area contributed by atoms with Crippen molar-refractivity contribution in [3.8, 4) is 0 Å². The number of aliphatic carboxylic acids is 1. The topological polar surface area (TPSA) is 171 Å². The lowest BCUT2D eigenvalue weighted by atomic mass is 10.0. The molecule has 0 saturated heterocycles. The molecule has 7 N–H and O–H groups in total. The molecule has 11 heteroatoms. The van der Waals surface area contributed by atoms with Crippen molar-refractivity contribution in [2.24, 2.45) is 11.7 Å². The first kappa shape index (κ1) is 28.4. The molecule has 0 bridgehead atoms. The minimum Gasteiger partial charge on any atom is -0.480 e. The maximum absolute atomic E-state index is 13.1. The molecule has 0 aromatic heterocycles. The van der Waals surface area contributed by atoms with Crippen LogP contribution in [0.3, 0.4) is 0 Å². The number of carboxylic acids is 1. The van der Waals surface area contributed by atoms with Gasteiger partial charge < -0.3 is 31.9 Å². The maximum Gasteiger partial charge on any atom is 0.328 e. The fraction of sp³-hybridized carbons (Fsp3) is 0.545. The van der Waals surface area contributed by atoms with Crippen LogP contribution in [-0.4, -0.2) is 76.7 Å². The number of aliphatic hydroxyl groups excluding tert-OH is 1. The molecule has 0 aliphatic rings. The smallest absolute Gasteiger partial charge is 0.328 e. The van der Waals surface area contributed by atoms with Crippen LogP contribution in [0.15, 0.2) is 30.3 Å². The SMILES string of the molecule is CSCCC(NC(=O)C(Cc1ccccc1)NC(=O)C(N)C(C)C)C(=O)NC(CO)C(=O)O. The van der Waals surface area contributed by atoms with E-state index in [9.17, 15) is 24.3 Å². The van der Waals surface area contributed by atoms with Gasteiger partial charge in [0, 0.05) is 6.42 Å². The van der Waals surface area contributed by atoms with Gasteiger partial charge in [-0.3, -0.25) is 14.4 Å². The molecule has 0 aliphatic heterocycles. The molecular formula is C22H34N4O6S. The van der Waals surface area contributed by atoms with Gasteiger partial charge in [-0.25, -0.2) is 4.79 Å². The zero-order chi connectivity index (χ0) is 25.0. The van der Waals surface area contributed by atoms with Crippen LogP contribution in [-0.2, 0) is 25.6 Å². The Labute approximate surface area is 198 Å². The van der Waals surface area contributed by atoms with E-state index in [0.29, 0.717) is 5.75 Å². The van der Waals surface area contributed by atoms with Crippen LogP contribution in [0.1, 0.15) is 25.8 Å². The first-order valence-corrected chi connectivity index (χ1v) is 12.0. The first-order chi connectivity index (χ1) is 15.6. The highest BCUT2D eigenvalue weighted by Gasteiger charge is 2.30. The molecule has 0 saturated carbocycles. The number of thioether (sulfide) groups is 1. The van der Waals surface area contributed by atoms with Gasteiger partial charge in [-0.1, -0.05) is 44.2 Å². The Kier molecular flexibility index (Phi) is 12.5. The molecule has 1 aromatic carbocycles. The monoisotopic (exact) mass is 482 g/mol. The minimum absolute atomic E-state index is 0.142. The summed E-state index contributed by atoms with van der Waals surface area (Å²) in [5, 5.41) is 25.8. The molecule has 0 aliphatic carbocycles. The van der Waals surface area contributed by atoms with Gasteiger partial charge in [0.25, 0.3) is 0 Å². The average molecular weight is 483 g/mol.